The molecule has 2 aliphatic heterocycles. The van der Waals surface area contributed by atoms with Gasteiger partial charge in [0.1, 0.15) is 0 Å². The molecule has 18 heavy (non-hydrogen) atoms. The monoisotopic (exact) mass is 255 g/mol. The topological polar surface area (TPSA) is 44.8 Å². The molecule has 0 bridgehead atoms. The van der Waals surface area contributed by atoms with Crippen LogP contribution in [0.15, 0.2) is 0 Å². The van der Waals surface area contributed by atoms with Gasteiger partial charge in [-0.15, -0.1) is 0 Å². The Morgan fingerprint density at radius 1 is 1.33 bits per heavy atom. The zero-order valence-electron chi connectivity index (χ0n) is 11.5. The third kappa shape index (κ3) is 3.43. The van der Waals surface area contributed by atoms with Crippen molar-refractivity contribution in [3.63, 3.8) is 0 Å². The summed E-state index contributed by atoms with van der Waals surface area (Å²) in [6.45, 7) is 8.05. The number of rotatable bonds is 5. The van der Waals surface area contributed by atoms with Gasteiger partial charge in [-0.3, -0.25) is 9.69 Å². The van der Waals surface area contributed by atoms with E-state index in [2.05, 4.69) is 10.2 Å². The van der Waals surface area contributed by atoms with Crippen LogP contribution in [0.4, 0.5) is 0 Å². The molecule has 0 aromatic carbocycles. The summed E-state index contributed by atoms with van der Waals surface area (Å²) in [5.74, 6) is 0.283. The van der Waals surface area contributed by atoms with E-state index >= 15 is 0 Å². The molecule has 2 aliphatic rings. The largest absolute Gasteiger partial charge is 0.382 e. The molecule has 1 atom stereocenters. The van der Waals surface area contributed by atoms with Crippen molar-refractivity contribution in [2.24, 2.45) is 0 Å². The maximum atomic E-state index is 12.0. The molecule has 1 unspecified atom stereocenters. The van der Waals surface area contributed by atoms with Crippen LogP contribution in [-0.2, 0) is 9.53 Å². The first kappa shape index (κ1) is 13.8. The molecule has 2 rings (SSSR count). The number of methoxy groups -OCH3 is 1. The predicted octanol–water partition coefficient (Wildman–Crippen LogP) is -0.0825. The van der Waals surface area contributed by atoms with Crippen molar-refractivity contribution in [1.29, 1.82) is 0 Å². The van der Waals surface area contributed by atoms with E-state index in [-0.39, 0.29) is 12.0 Å². The summed E-state index contributed by atoms with van der Waals surface area (Å²) in [6, 6.07) is 0.704. The highest BCUT2D eigenvalue weighted by Crippen LogP contribution is 2.11. The first-order chi connectivity index (χ1) is 8.70. The molecule has 0 spiro atoms. The number of amides is 1. The lowest BCUT2D eigenvalue weighted by atomic mass is 10.1. The van der Waals surface area contributed by atoms with E-state index in [9.17, 15) is 4.79 Å². The van der Waals surface area contributed by atoms with Crippen molar-refractivity contribution in [1.82, 2.24) is 15.1 Å². The Kier molecular flexibility index (Phi) is 4.97. The summed E-state index contributed by atoms with van der Waals surface area (Å²) in [7, 11) is 1.70. The van der Waals surface area contributed by atoms with Gasteiger partial charge in [-0.05, 0) is 13.3 Å². The number of carbonyl (C=O) groups is 1. The van der Waals surface area contributed by atoms with E-state index in [4.69, 9.17) is 4.74 Å². The lowest BCUT2D eigenvalue weighted by Crippen LogP contribution is -2.62. The molecule has 2 heterocycles. The van der Waals surface area contributed by atoms with Crippen molar-refractivity contribution in [3.8, 4) is 0 Å². The number of piperazine rings is 1. The van der Waals surface area contributed by atoms with E-state index in [1.54, 1.807) is 7.11 Å². The second-order valence-electron chi connectivity index (χ2n) is 5.31. The van der Waals surface area contributed by atoms with Gasteiger partial charge in [0.2, 0.25) is 5.91 Å². The number of nitrogens with zero attached hydrogens (tertiary/aromatic N) is 2. The third-order valence-corrected chi connectivity index (χ3v) is 4.11. The average Bonchev–Trinajstić information content (AvgIpc) is 2.34. The maximum absolute atomic E-state index is 12.0. The van der Waals surface area contributed by atoms with E-state index in [0.717, 1.165) is 45.7 Å². The molecule has 0 saturated carbocycles. The van der Waals surface area contributed by atoms with Gasteiger partial charge in [0, 0.05) is 58.8 Å². The van der Waals surface area contributed by atoms with Gasteiger partial charge in [0.05, 0.1) is 6.10 Å². The lowest BCUT2D eigenvalue weighted by molar-refractivity contribution is -0.134. The smallest absolute Gasteiger partial charge is 0.222 e. The molecule has 5 heteroatoms. The Hall–Kier alpha value is -0.650. The van der Waals surface area contributed by atoms with Crippen molar-refractivity contribution in [2.75, 3.05) is 46.4 Å². The summed E-state index contributed by atoms with van der Waals surface area (Å²) in [5, 5.41) is 3.30. The van der Waals surface area contributed by atoms with E-state index in [0.29, 0.717) is 12.5 Å². The zero-order chi connectivity index (χ0) is 13.0. The number of hydrogen-bond acceptors (Lipinski definition) is 4. The summed E-state index contributed by atoms with van der Waals surface area (Å²) in [4.78, 5) is 16.5. The highest BCUT2D eigenvalue weighted by atomic mass is 16.5. The number of ether oxygens (including phenoxy) is 1. The van der Waals surface area contributed by atoms with E-state index in [1.165, 1.54) is 0 Å². The number of nitrogens with one attached hydrogen (secondary N) is 1. The zero-order valence-corrected chi connectivity index (χ0v) is 11.5. The Balaban J connectivity index is 1.66. The summed E-state index contributed by atoms with van der Waals surface area (Å²) >= 11 is 0. The molecule has 2 fully saturated rings. The van der Waals surface area contributed by atoms with Crippen LogP contribution in [0.1, 0.15) is 19.8 Å². The minimum absolute atomic E-state index is 0.177. The molecule has 1 N–H and O–H groups in total. The Bertz CT molecular complexity index is 273. The van der Waals surface area contributed by atoms with Gasteiger partial charge in [-0.2, -0.15) is 0 Å². The fraction of sp³-hybridized carbons (Fsp3) is 0.923. The predicted molar refractivity (Wildman–Crippen MR) is 70.5 cm³/mol. The summed E-state index contributed by atoms with van der Waals surface area (Å²) in [5.41, 5.74) is 0. The van der Waals surface area contributed by atoms with Crippen LogP contribution >= 0.6 is 0 Å². The van der Waals surface area contributed by atoms with Crippen molar-refractivity contribution < 1.29 is 9.53 Å². The van der Waals surface area contributed by atoms with Crippen molar-refractivity contribution in [3.05, 3.63) is 0 Å². The molecule has 0 radical (unpaired) electrons. The van der Waals surface area contributed by atoms with Crippen LogP contribution in [0, 0.1) is 0 Å². The number of carbonyl (C=O) groups excluding carboxylic acids is 1. The molecule has 0 aliphatic carbocycles. The van der Waals surface area contributed by atoms with Crippen LogP contribution in [0.25, 0.3) is 0 Å². The quantitative estimate of drug-likeness (QED) is 0.746. The minimum Gasteiger partial charge on any atom is -0.382 e. The second kappa shape index (κ2) is 6.50. The molecule has 0 aromatic heterocycles. The first-order valence-electron chi connectivity index (χ1n) is 6.96. The van der Waals surface area contributed by atoms with Crippen LogP contribution in [0.2, 0.25) is 0 Å². The second-order valence-corrected chi connectivity index (χ2v) is 5.31. The Morgan fingerprint density at radius 3 is 2.50 bits per heavy atom. The SMILES string of the molecule is COC(C)CCC(=O)N1CCN(C2CNC2)CC1. The minimum atomic E-state index is 0.177. The highest BCUT2D eigenvalue weighted by Gasteiger charge is 2.28. The Labute approximate surface area is 109 Å². The van der Waals surface area contributed by atoms with Crippen LogP contribution < -0.4 is 5.32 Å². The van der Waals surface area contributed by atoms with Gasteiger partial charge in [0.25, 0.3) is 0 Å². The van der Waals surface area contributed by atoms with Crippen molar-refractivity contribution in [2.45, 2.75) is 31.9 Å². The van der Waals surface area contributed by atoms with Crippen LogP contribution in [0.3, 0.4) is 0 Å². The lowest BCUT2D eigenvalue weighted by Gasteiger charge is -2.43. The maximum Gasteiger partial charge on any atom is 0.222 e. The molecule has 2 saturated heterocycles. The summed E-state index contributed by atoms with van der Waals surface area (Å²) in [6.07, 6.45) is 1.61. The fourth-order valence-corrected chi connectivity index (χ4v) is 2.47. The van der Waals surface area contributed by atoms with Gasteiger partial charge >= 0.3 is 0 Å². The fourth-order valence-electron chi connectivity index (χ4n) is 2.47. The standard InChI is InChI=1S/C13H25N3O2/c1-11(18-2)3-4-13(17)16-7-5-15(6-8-16)12-9-14-10-12/h11-12,14H,3-10H2,1-2H3. The van der Waals surface area contributed by atoms with Gasteiger partial charge < -0.3 is 15.0 Å². The normalized spacial score (nSPS) is 23.8. The Morgan fingerprint density at radius 2 is 2.00 bits per heavy atom. The number of hydrogen-bond donors (Lipinski definition) is 1. The first-order valence-corrected chi connectivity index (χ1v) is 6.96. The van der Waals surface area contributed by atoms with Gasteiger partial charge in [0.15, 0.2) is 0 Å². The highest BCUT2D eigenvalue weighted by molar-refractivity contribution is 5.76. The third-order valence-electron chi connectivity index (χ3n) is 4.11. The van der Waals surface area contributed by atoms with Crippen LogP contribution in [0.5, 0.6) is 0 Å². The summed E-state index contributed by atoms with van der Waals surface area (Å²) < 4.78 is 5.17. The van der Waals surface area contributed by atoms with E-state index in [1.807, 2.05) is 11.8 Å². The molecular weight excluding hydrogens is 230 g/mol. The van der Waals surface area contributed by atoms with E-state index < -0.39 is 0 Å². The molecule has 1 amide bonds. The molecule has 104 valence electrons. The van der Waals surface area contributed by atoms with Crippen molar-refractivity contribution >= 4 is 5.91 Å². The molecule has 0 aromatic rings. The van der Waals surface area contributed by atoms with Gasteiger partial charge in [-0.25, -0.2) is 0 Å². The average molecular weight is 255 g/mol. The molecule has 5 nitrogen and oxygen atoms in total. The van der Waals surface area contributed by atoms with Gasteiger partial charge in [-0.1, -0.05) is 0 Å². The van der Waals surface area contributed by atoms with Crippen LogP contribution in [-0.4, -0.2) is 74.2 Å². The molecular formula is C13H25N3O2.